The van der Waals surface area contributed by atoms with E-state index in [1.807, 2.05) is 65.4 Å². The quantitative estimate of drug-likeness (QED) is 0.115. The number of hydrogen-bond donors (Lipinski definition) is 1. The Labute approximate surface area is 249 Å². The van der Waals surface area contributed by atoms with E-state index in [2.05, 4.69) is 15.2 Å². The van der Waals surface area contributed by atoms with Gasteiger partial charge in [0.2, 0.25) is 0 Å². The molecule has 3 aromatic carbocycles. The number of nitrogens with zero attached hydrogens (tertiary/aromatic N) is 5. The highest BCUT2D eigenvalue weighted by molar-refractivity contribution is 7.99. The molecule has 42 heavy (non-hydrogen) atoms. The predicted molar refractivity (Wildman–Crippen MR) is 164 cm³/mol. The molecule has 0 aliphatic carbocycles. The normalized spacial score (nSPS) is 16.3. The zero-order chi connectivity index (χ0) is 29.2. The van der Waals surface area contributed by atoms with Gasteiger partial charge in [-0.3, -0.25) is 25.2 Å². The number of rotatable bonds is 8. The molecule has 12 heteroatoms. The van der Waals surface area contributed by atoms with Crippen LogP contribution < -0.4 is 10.2 Å². The van der Waals surface area contributed by atoms with Gasteiger partial charge in [0, 0.05) is 63.5 Å². The summed E-state index contributed by atoms with van der Waals surface area (Å²) in [5.41, 5.74) is 3.49. The summed E-state index contributed by atoms with van der Waals surface area (Å²) < 4.78 is 2.01. The fourth-order valence-electron chi connectivity index (χ4n) is 4.99. The zero-order valence-corrected chi connectivity index (χ0v) is 23.4. The fraction of sp³-hybridized carbons (Fsp3) is 0.0667. The summed E-state index contributed by atoms with van der Waals surface area (Å²) in [5, 5.41) is 26.2. The second-order valence-electron chi connectivity index (χ2n) is 9.42. The van der Waals surface area contributed by atoms with Gasteiger partial charge in [0.1, 0.15) is 6.04 Å². The summed E-state index contributed by atoms with van der Waals surface area (Å²) in [6, 6.07) is 30.0. The van der Waals surface area contributed by atoms with Crippen molar-refractivity contribution in [2.75, 3.05) is 4.90 Å². The van der Waals surface area contributed by atoms with Crippen LogP contribution in [0.15, 0.2) is 125 Å². The average molecular weight is 595 g/mol. The molecule has 5 aromatic rings. The van der Waals surface area contributed by atoms with Crippen molar-refractivity contribution in [3.63, 3.8) is 0 Å². The van der Waals surface area contributed by atoms with Crippen molar-refractivity contribution >= 4 is 46.2 Å². The maximum Gasteiger partial charge on any atom is 0.269 e. The van der Waals surface area contributed by atoms with E-state index in [0.29, 0.717) is 5.11 Å². The summed E-state index contributed by atoms with van der Waals surface area (Å²) in [6.45, 7) is 0. The Balaban J connectivity index is 1.35. The molecular formula is C30H22N6O4S2. The molecule has 0 bridgehead atoms. The van der Waals surface area contributed by atoms with E-state index < -0.39 is 9.85 Å². The number of hydrogen-bond acceptors (Lipinski definition) is 7. The number of nitro groups is 2. The molecule has 2 aromatic heterocycles. The molecule has 3 heterocycles. The maximum absolute atomic E-state index is 11.2. The van der Waals surface area contributed by atoms with Gasteiger partial charge in [-0.05, 0) is 85.0 Å². The predicted octanol–water partition coefficient (Wildman–Crippen LogP) is 7.02. The van der Waals surface area contributed by atoms with E-state index >= 15 is 0 Å². The smallest absolute Gasteiger partial charge is 0.269 e. The number of non-ortho nitro benzene ring substituents is 2. The Morgan fingerprint density at radius 1 is 0.762 bits per heavy atom. The average Bonchev–Trinajstić information content (AvgIpc) is 3.63. The SMILES string of the molecule is O=[N+]([O-])c1ccc(Sc2ccc(N3C(=S)NC(c4ccccn4)C3c3cccn3-c3ccc([N+](=O)[O-])cc3)cc2)cc1. The summed E-state index contributed by atoms with van der Waals surface area (Å²) in [6.07, 6.45) is 3.68. The van der Waals surface area contributed by atoms with Crippen LogP contribution in [0.2, 0.25) is 0 Å². The van der Waals surface area contributed by atoms with Gasteiger partial charge >= 0.3 is 0 Å². The van der Waals surface area contributed by atoms with Crippen molar-refractivity contribution in [2.24, 2.45) is 0 Å². The first-order valence-electron chi connectivity index (χ1n) is 12.8. The molecule has 2 unspecified atom stereocenters. The van der Waals surface area contributed by atoms with Crippen LogP contribution in [0.4, 0.5) is 17.1 Å². The van der Waals surface area contributed by atoms with Crippen LogP contribution in [0.1, 0.15) is 23.5 Å². The first-order valence-corrected chi connectivity index (χ1v) is 14.1. The van der Waals surface area contributed by atoms with Gasteiger partial charge in [0.15, 0.2) is 5.11 Å². The molecule has 0 saturated carbocycles. The lowest BCUT2D eigenvalue weighted by Crippen LogP contribution is -2.30. The van der Waals surface area contributed by atoms with E-state index in [1.165, 1.54) is 36.0 Å². The summed E-state index contributed by atoms with van der Waals surface area (Å²) in [4.78, 5) is 29.9. The van der Waals surface area contributed by atoms with Gasteiger partial charge < -0.3 is 14.8 Å². The van der Waals surface area contributed by atoms with Crippen LogP contribution in [-0.4, -0.2) is 24.5 Å². The van der Waals surface area contributed by atoms with E-state index in [4.69, 9.17) is 12.2 Å². The van der Waals surface area contributed by atoms with Gasteiger partial charge in [-0.25, -0.2) is 0 Å². The molecule has 6 rings (SSSR count). The lowest BCUT2D eigenvalue weighted by molar-refractivity contribution is -0.385. The standard InChI is InChI=1S/C30H22N6O4S2/c37-35(38)22-8-6-20(7-9-22)33-19-3-5-27(33)29-28(26-4-1-2-18-31-26)32-30(41)34(29)21-10-14-24(15-11-21)42-25-16-12-23(13-17-25)36(39)40/h1-19,28-29H,(H,32,41). The van der Waals surface area contributed by atoms with E-state index in [-0.39, 0.29) is 23.5 Å². The summed E-state index contributed by atoms with van der Waals surface area (Å²) in [5.74, 6) is 0. The third-order valence-corrected chi connectivity index (χ3v) is 8.25. The van der Waals surface area contributed by atoms with E-state index in [9.17, 15) is 20.2 Å². The highest BCUT2D eigenvalue weighted by atomic mass is 32.2. The number of benzene rings is 3. The van der Waals surface area contributed by atoms with Gasteiger partial charge in [0.05, 0.1) is 21.6 Å². The molecule has 1 N–H and O–H groups in total. The molecule has 10 nitrogen and oxygen atoms in total. The molecule has 0 radical (unpaired) electrons. The van der Waals surface area contributed by atoms with Crippen molar-refractivity contribution < 1.29 is 9.85 Å². The van der Waals surface area contributed by atoms with Gasteiger partial charge in [-0.2, -0.15) is 0 Å². The van der Waals surface area contributed by atoms with E-state index in [0.717, 1.165) is 32.6 Å². The number of thiocarbonyl (C=S) groups is 1. The first-order chi connectivity index (χ1) is 20.4. The van der Waals surface area contributed by atoms with Crippen LogP contribution in [-0.2, 0) is 0 Å². The molecule has 1 aliphatic heterocycles. The maximum atomic E-state index is 11.2. The zero-order valence-electron chi connectivity index (χ0n) is 21.8. The van der Waals surface area contributed by atoms with Crippen molar-refractivity contribution in [1.29, 1.82) is 0 Å². The lowest BCUT2D eigenvalue weighted by Gasteiger charge is -2.29. The third-order valence-electron chi connectivity index (χ3n) is 6.92. The number of anilines is 1. The van der Waals surface area contributed by atoms with E-state index in [1.54, 1.807) is 30.5 Å². The molecule has 2 atom stereocenters. The second kappa shape index (κ2) is 11.4. The minimum Gasteiger partial charge on any atom is -0.351 e. The minimum absolute atomic E-state index is 0.0239. The topological polar surface area (TPSA) is 119 Å². The van der Waals surface area contributed by atoms with Crippen LogP contribution in [0, 0.1) is 20.2 Å². The van der Waals surface area contributed by atoms with Gasteiger partial charge in [-0.15, -0.1) is 0 Å². The Kier molecular flexibility index (Phi) is 7.38. The number of nitro benzene ring substituents is 2. The third kappa shape index (κ3) is 5.32. The van der Waals surface area contributed by atoms with Crippen molar-refractivity contribution in [3.05, 3.63) is 147 Å². The summed E-state index contributed by atoms with van der Waals surface area (Å²) >= 11 is 7.38. The lowest BCUT2D eigenvalue weighted by atomic mass is 10.0. The van der Waals surface area contributed by atoms with Gasteiger partial charge in [0.25, 0.3) is 11.4 Å². The largest absolute Gasteiger partial charge is 0.351 e. The second-order valence-corrected chi connectivity index (χ2v) is 11.0. The number of pyridine rings is 1. The Morgan fingerprint density at radius 3 is 1.95 bits per heavy atom. The van der Waals surface area contributed by atoms with Gasteiger partial charge in [-0.1, -0.05) is 17.8 Å². The molecule has 0 amide bonds. The molecule has 0 spiro atoms. The highest BCUT2D eigenvalue weighted by Crippen LogP contribution is 2.43. The molecule has 1 fully saturated rings. The number of nitrogens with one attached hydrogen (secondary N) is 1. The fourth-order valence-corrected chi connectivity index (χ4v) is 6.15. The monoisotopic (exact) mass is 594 g/mol. The van der Waals surface area contributed by atoms with Crippen molar-refractivity contribution in [1.82, 2.24) is 14.9 Å². The minimum atomic E-state index is -0.415. The first kappa shape index (κ1) is 27.1. The molecular weight excluding hydrogens is 573 g/mol. The Bertz CT molecular complexity index is 1760. The highest BCUT2D eigenvalue weighted by Gasteiger charge is 2.42. The molecule has 1 aliphatic rings. The van der Waals surface area contributed by atoms with Crippen LogP contribution in [0.25, 0.3) is 5.69 Å². The summed E-state index contributed by atoms with van der Waals surface area (Å²) in [7, 11) is 0. The van der Waals surface area contributed by atoms with Crippen molar-refractivity contribution in [3.8, 4) is 5.69 Å². The Morgan fingerprint density at radius 2 is 1.36 bits per heavy atom. The van der Waals surface area contributed by atoms with Crippen LogP contribution in [0.3, 0.4) is 0 Å². The van der Waals surface area contributed by atoms with Crippen LogP contribution >= 0.6 is 24.0 Å². The van der Waals surface area contributed by atoms with Crippen molar-refractivity contribution in [2.45, 2.75) is 21.9 Å². The van der Waals surface area contributed by atoms with Crippen LogP contribution in [0.5, 0.6) is 0 Å². The molecule has 1 saturated heterocycles. The molecule has 208 valence electrons. The number of aromatic nitrogens is 2. The Hall–Kier alpha value is -5.07.